The predicted molar refractivity (Wildman–Crippen MR) is 160 cm³/mol. The largest absolute Gasteiger partial charge is 0.343 e. The number of likely N-dealkylation sites (tertiary alicyclic amines) is 1. The van der Waals surface area contributed by atoms with Crippen molar-refractivity contribution in [2.45, 2.75) is 63.6 Å². The number of nitrogens with one attached hydrogen (secondary N) is 1. The van der Waals surface area contributed by atoms with E-state index in [0.29, 0.717) is 12.8 Å². The number of nitrogens with zero attached hydrogens (tertiary/aromatic N) is 3. The number of hydrogen-bond donors (Lipinski definition) is 2. The summed E-state index contributed by atoms with van der Waals surface area (Å²) in [5.74, 6) is 0.529. The average molecular weight is 538 g/mol. The summed E-state index contributed by atoms with van der Waals surface area (Å²) in [5.41, 5.74) is 9.14. The second-order valence-corrected chi connectivity index (χ2v) is 11.3. The molecule has 0 spiro atoms. The van der Waals surface area contributed by atoms with Gasteiger partial charge in [-0.25, -0.2) is 4.98 Å². The quantitative estimate of drug-likeness (QED) is 0.303. The van der Waals surface area contributed by atoms with Crippen molar-refractivity contribution in [2.75, 3.05) is 13.1 Å². The number of aromatic nitrogens is 2. The lowest BCUT2D eigenvalue weighted by molar-refractivity contribution is -0.138. The Morgan fingerprint density at radius 2 is 1.50 bits per heavy atom. The fourth-order valence-corrected chi connectivity index (χ4v) is 5.53. The summed E-state index contributed by atoms with van der Waals surface area (Å²) in [7, 11) is 0. The van der Waals surface area contributed by atoms with Crippen molar-refractivity contribution in [3.05, 3.63) is 90.5 Å². The maximum atomic E-state index is 13.7. The third-order valence-electron chi connectivity index (χ3n) is 7.71. The molecule has 1 aliphatic heterocycles. The maximum Gasteiger partial charge on any atom is 0.245 e. The van der Waals surface area contributed by atoms with Crippen LogP contribution in [0.1, 0.15) is 57.6 Å². The summed E-state index contributed by atoms with van der Waals surface area (Å²) < 4.78 is 2.29. The topological polar surface area (TPSA) is 93.2 Å². The van der Waals surface area contributed by atoms with Gasteiger partial charge in [-0.3, -0.25) is 9.59 Å². The Morgan fingerprint density at radius 3 is 2.17 bits per heavy atom. The van der Waals surface area contributed by atoms with Crippen LogP contribution < -0.4 is 11.1 Å². The molecule has 2 amide bonds. The summed E-state index contributed by atoms with van der Waals surface area (Å²) in [4.78, 5) is 33.7. The van der Waals surface area contributed by atoms with Crippen LogP contribution in [0, 0.1) is 0 Å². The molecule has 1 aliphatic rings. The van der Waals surface area contributed by atoms with Crippen LogP contribution in [0.25, 0.3) is 22.4 Å². The zero-order chi connectivity index (χ0) is 28.1. The Hall–Kier alpha value is -3.97. The number of hydrogen-bond acceptors (Lipinski definition) is 4. The zero-order valence-corrected chi connectivity index (χ0v) is 23.4. The van der Waals surface area contributed by atoms with Crippen LogP contribution in [0.4, 0.5) is 0 Å². The summed E-state index contributed by atoms with van der Waals surface area (Å²) in [6.45, 7) is 4.79. The summed E-state index contributed by atoms with van der Waals surface area (Å²) >= 11 is 0. The van der Waals surface area contributed by atoms with Crippen LogP contribution >= 0.6 is 0 Å². The number of amides is 2. The van der Waals surface area contributed by atoms with E-state index < -0.39 is 11.6 Å². The maximum absolute atomic E-state index is 13.7. The molecule has 3 aromatic carbocycles. The molecule has 7 nitrogen and oxygen atoms in total. The molecule has 2 unspecified atom stereocenters. The van der Waals surface area contributed by atoms with Gasteiger partial charge in [-0.2, -0.15) is 0 Å². The van der Waals surface area contributed by atoms with Crippen molar-refractivity contribution in [1.82, 2.24) is 19.8 Å². The number of piperidine rings is 1. The molecule has 4 aromatic rings. The van der Waals surface area contributed by atoms with E-state index in [1.54, 1.807) is 13.8 Å². The molecule has 0 radical (unpaired) electrons. The van der Waals surface area contributed by atoms with Crippen LogP contribution in [0.3, 0.4) is 0 Å². The van der Waals surface area contributed by atoms with Crippen LogP contribution in [0.15, 0.2) is 84.9 Å². The SMILES string of the molecule is CC(C)(N)C(=O)NC(CCC(c1ccccc1)n1c(-c2ccccc2)nc2ccccc21)C(=O)N1CCCCC1. The van der Waals surface area contributed by atoms with Gasteiger partial charge in [-0.1, -0.05) is 72.8 Å². The minimum absolute atomic E-state index is 0.0251. The highest BCUT2D eigenvalue weighted by atomic mass is 16.2. The first-order valence-corrected chi connectivity index (χ1v) is 14.3. The van der Waals surface area contributed by atoms with Crippen molar-refractivity contribution in [2.24, 2.45) is 5.73 Å². The summed E-state index contributed by atoms with van der Waals surface area (Å²) in [6.07, 6.45) is 4.20. The van der Waals surface area contributed by atoms with E-state index in [-0.39, 0.29) is 17.9 Å². The molecule has 208 valence electrons. The van der Waals surface area contributed by atoms with Gasteiger partial charge in [-0.05, 0) is 63.6 Å². The Labute approximate surface area is 236 Å². The second-order valence-electron chi connectivity index (χ2n) is 11.3. The third-order valence-corrected chi connectivity index (χ3v) is 7.71. The van der Waals surface area contributed by atoms with Crippen molar-refractivity contribution < 1.29 is 9.59 Å². The van der Waals surface area contributed by atoms with E-state index >= 15 is 0 Å². The number of imidazole rings is 1. The molecule has 3 N–H and O–H groups in total. The minimum Gasteiger partial charge on any atom is -0.343 e. The molecule has 0 saturated carbocycles. The number of rotatable bonds is 9. The Balaban J connectivity index is 1.54. The second kappa shape index (κ2) is 12.0. The van der Waals surface area contributed by atoms with Crippen LogP contribution in [0.5, 0.6) is 0 Å². The summed E-state index contributed by atoms with van der Waals surface area (Å²) in [6, 6.07) is 27.9. The van der Waals surface area contributed by atoms with Gasteiger partial charge in [0, 0.05) is 18.7 Å². The molecule has 0 bridgehead atoms. The molecule has 1 saturated heterocycles. The number of para-hydroxylation sites is 2. The molecule has 5 rings (SSSR count). The van der Waals surface area contributed by atoms with Gasteiger partial charge in [0.1, 0.15) is 11.9 Å². The molecular weight excluding hydrogens is 498 g/mol. The van der Waals surface area contributed by atoms with E-state index in [4.69, 9.17) is 10.7 Å². The molecule has 7 heteroatoms. The Kier molecular flexibility index (Phi) is 8.31. The standard InChI is InChI=1S/C33H39N5O2/c1-33(2,34)32(40)36-27(31(39)37-22-12-5-13-23-37)20-21-28(24-14-6-3-7-15-24)38-29-19-11-10-18-26(29)35-30(38)25-16-8-4-9-17-25/h3-4,6-11,14-19,27-28H,5,12-13,20-23,34H2,1-2H3,(H,36,40). The normalized spacial score (nSPS) is 15.5. The van der Waals surface area contributed by atoms with Crippen molar-refractivity contribution in [3.8, 4) is 11.4 Å². The monoisotopic (exact) mass is 537 g/mol. The molecular formula is C33H39N5O2. The molecule has 1 aromatic heterocycles. The number of carbonyl (C=O) groups excluding carboxylic acids is 2. The van der Waals surface area contributed by atoms with E-state index in [0.717, 1.165) is 60.3 Å². The van der Waals surface area contributed by atoms with Gasteiger partial charge in [0.25, 0.3) is 0 Å². The number of nitrogens with two attached hydrogens (primary N) is 1. The highest BCUT2D eigenvalue weighted by Crippen LogP contribution is 2.34. The van der Waals surface area contributed by atoms with Gasteiger partial charge in [0.2, 0.25) is 11.8 Å². The van der Waals surface area contributed by atoms with Crippen molar-refractivity contribution >= 4 is 22.8 Å². The number of benzene rings is 3. The molecule has 2 heterocycles. The fraction of sp³-hybridized carbons (Fsp3) is 0.364. The molecule has 0 aliphatic carbocycles. The van der Waals surface area contributed by atoms with Gasteiger partial charge in [0.15, 0.2) is 0 Å². The first-order valence-electron chi connectivity index (χ1n) is 14.3. The minimum atomic E-state index is -1.08. The smallest absolute Gasteiger partial charge is 0.245 e. The zero-order valence-electron chi connectivity index (χ0n) is 23.4. The first-order chi connectivity index (χ1) is 19.3. The number of fused-ring (bicyclic) bond motifs is 1. The summed E-state index contributed by atoms with van der Waals surface area (Å²) in [5, 5.41) is 3.01. The van der Waals surface area contributed by atoms with E-state index in [1.165, 1.54) is 0 Å². The third kappa shape index (κ3) is 6.10. The van der Waals surface area contributed by atoms with E-state index in [2.05, 4.69) is 40.2 Å². The van der Waals surface area contributed by atoms with Crippen molar-refractivity contribution in [3.63, 3.8) is 0 Å². The number of carbonyl (C=O) groups is 2. The highest BCUT2D eigenvalue weighted by molar-refractivity contribution is 5.91. The molecule has 1 fully saturated rings. The van der Waals surface area contributed by atoms with E-state index in [9.17, 15) is 9.59 Å². The molecule has 40 heavy (non-hydrogen) atoms. The van der Waals surface area contributed by atoms with Crippen LogP contribution in [-0.4, -0.2) is 50.9 Å². The van der Waals surface area contributed by atoms with Crippen molar-refractivity contribution in [1.29, 1.82) is 0 Å². The lowest BCUT2D eigenvalue weighted by Crippen LogP contribution is -2.57. The lowest BCUT2D eigenvalue weighted by Gasteiger charge is -2.33. The van der Waals surface area contributed by atoms with Crippen LogP contribution in [-0.2, 0) is 9.59 Å². The average Bonchev–Trinajstić information content (AvgIpc) is 3.36. The highest BCUT2D eigenvalue weighted by Gasteiger charge is 2.32. The Morgan fingerprint density at radius 1 is 0.875 bits per heavy atom. The Bertz CT molecular complexity index is 1440. The lowest BCUT2D eigenvalue weighted by atomic mass is 9.96. The molecule has 2 atom stereocenters. The van der Waals surface area contributed by atoms with Gasteiger partial charge in [0.05, 0.1) is 22.6 Å². The van der Waals surface area contributed by atoms with E-state index in [1.807, 2.05) is 59.5 Å². The van der Waals surface area contributed by atoms with Crippen LogP contribution in [0.2, 0.25) is 0 Å². The van der Waals surface area contributed by atoms with Gasteiger partial charge in [-0.15, -0.1) is 0 Å². The fourth-order valence-electron chi connectivity index (χ4n) is 5.53. The van der Waals surface area contributed by atoms with Gasteiger partial charge >= 0.3 is 0 Å². The van der Waals surface area contributed by atoms with Gasteiger partial charge < -0.3 is 20.5 Å². The predicted octanol–water partition coefficient (Wildman–Crippen LogP) is 5.31. The first kappa shape index (κ1) is 27.6.